The van der Waals surface area contributed by atoms with Crippen molar-refractivity contribution in [3.8, 4) is 11.5 Å². The van der Waals surface area contributed by atoms with Crippen molar-refractivity contribution in [2.24, 2.45) is 0 Å². The SMILES string of the molecule is O=C(NCc1cc(Oc2ccccc2Cl)ccn1)c1ccc2cnc(NC3CCOCC3)cc2n1. The van der Waals surface area contributed by atoms with Gasteiger partial charge >= 0.3 is 0 Å². The van der Waals surface area contributed by atoms with E-state index in [1.54, 1.807) is 42.7 Å². The van der Waals surface area contributed by atoms with Gasteiger partial charge in [-0.15, -0.1) is 0 Å². The molecule has 2 N–H and O–H groups in total. The molecule has 4 aromatic rings. The lowest BCUT2D eigenvalue weighted by atomic mass is 10.1. The van der Waals surface area contributed by atoms with Gasteiger partial charge in [-0.2, -0.15) is 0 Å². The maximum Gasteiger partial charge on any atom is 0.270 e. The maximum absolute atomic E-state index is 12.8. The molecule has 1 aromatic carbocycles. The zero-order chi connectivity index (χ0) is 24.0. The fraction of sp³-hybridized carbons (Fsp3) is 0.231. The van der Waals surface area contributed by atoms with E-state index >= 15 is 0 Å². The average Bonchev–Trinajstić information content (AvgIpc) is 2.89. The third-order valence-corrected chi connectivity index (χ3v) is 5.97. The van der Waals surface area contributed by atoms with Crippen LogP contribution in [0.25, 0.3) is 10.9 Å². The number of anilines is 1. The van der Waals surface area contributed by atoms with Crippen LogP contribution >= 0.6 is 11.6 Å². The molecule has 1 aliphatic heterocycles. The standard InChI is InChI=1S/C26H24ClN5O3/c27-21-3-1-2-4-24(21)35-20-7-10-28-19(13-20)16-30-26(33)22-6-5-17-15-29-25(14-23(17)32-22)31-18-8-11-34-12-9-18/h1-7,10,13-15,18H,8-9,11-12,16H2,(H,29,31)(H,30,33). The van der Waals surface area contributed by atoms with Gasteiger partial charge in [0.15, 0.2) is 0 Å². The first-order valence-corrected chi connectivity index (χ1v) is 11.8. The minimum Gasteiger partial charge on any atom is -0.456 e. The highest BCUT2D eigenvalue weighted by molar-refractivity contribution is 6.32. The number of carbonyl (C=O) groups excluding carboxylic acids is 1. The molecule has 35 heavy (non-hydrogen) atoms. The predicted molar refractivity (Wildman–Crippen MR) is 134 cm³/mol. The minimum absolute atomic E-state index is 0.227. The van der Waals surface area contributed by atoms with Crippen molar-refractivity contribution >= 4 is 34.2 Å². The van der Waals surface area contributed by atoms with E-state index in [-0.39, 0.29) is 12.5 Å². The van der Waals surface area contributed by atoms with E-state index < -0.39 is 0 Å². The van der Waals surface area contributed by atoms with Crippen LogP contribution in [0.15, 0.2) is 67.0 Å². The Balaban J connectivity index is 1.24. The van der Waals surface area contributed by atoms with Crippen LogP contribution in [0.5, 0.6) is 11.5 Å². The van der Waals surface area contributed by atoms with Crippen molar-refractivity contribution in [1.29, 1.82) is 0 Å². The maximum atomic E-state index is 12.8. The average molecular weight is 490 g/mol. The topological polar surface area (TPSA) is 98.3 Å². The molecule has 1 aliphatic rings. The highest BCUT2D eigenvalue weighted by atomic mass is 35.5. The molecular weight excluding hydrogens is 466 g/mol. The first kappa shape index (κ1) is 23.0. The number of carbonyl (C=O) groups is 1. The summed E-state index contributed by atoms with van der Waals surface area (Å²) in [5.74, 6) is 1.59. The van der Waals surface area contributed by atoms with Gasteiger partial charge in [-0.3, -0.25) is 9.78 Å². The van der Waals surface area contributed by atoms with Gasteiger partial charge in [0, 0.05) is 49.2 Å². The molecule has 0 saturated carbocycles. The van der Waals surface area contributed by atoms with Crippen LogP contribution < -0.4 is 15.4 Å². The number of rotatable bonds is 7. The van der Waals surface area contributed by atoms with E-state index in [1.165, 1.54) is 0 Å². The van der Waals surface area contributed by atoms with Gasteiger partial charge in [0.2, 0.25) is 0 Å². The van der Waals surface area contributed by atoms with Crippen molar-refractivity contribution in [3.63, 3.8) is 0 Å². The number of ether oxygens (including phenoxy) is 2. The van der Waals surface area contributed by atoms with E-state index in [9.17, 15) is 4.79 Å². The van der Waals surface area contributed by atoms with Gasteiger partial charge in [0.1, 0.15) is 23.0 Å². The molecule has 1 saturated heterocycles. The lowest BCUT2D eigenvalue weighted by Crippen LogP contribution is -2.28. The third-order valence-electron chi connectivity index (χ3n) is 5.66. The van der Waals surface area contributed by atoms with Gasteiger partial charge in [-0.25, -0.2) is 9.97 Å². The van der Waals surface area contributed by atoms with Crippen LogP contribution in [0, 0.1) is 0 Å². The Bertz CT molecular complexity index is 1340. The van der Waals surface area contributed by atoms with Crippen LogP contribution in [0.4, 0.5) is 5.82 Å². The summed E-state index contributed by atoms with van der Waals surface area (Å²) < 4.78 is 11.2. The highest BCUT2D eigenvalue weighted by Crippen LogP contribution is 2.28. The number of benzene rings is 1. The largest absolute Gasteiger partial charge is 0.456 e. The van der Waals surface area contributed by atoms with Crippen LogP contribution in [0.1, 0.15) is 29.0 Å². The summed E-state index contributed by atoms with van der Waals surface area (Å²) in [6.45, 7) is 1.72. The summed E-state index contributed by atoms with van der Waals surface area (Å²) in [5, 5.41) is 7.69. The normalized spacial score (nSPS) is 14.0. The van der Waals surface area contributed by atoms with E-state index in [0.29, 0.717) is 39.5 Å². The molecule has 3 aromatic heterocycles. The van der Waals surface area contributed by atoms with E-state index in [4.69, 9.17) is 21.1 Å². The molecule has 4 heterocycles. The molecule has 1 amide bonds. The summed E-state index contributed by atoms with van der Waals surface area (Å²) in [7, 11) is 0. The molecule has 9 heteroatoms. The summed E-state index contributed by atoms with van der Waals surface area (Å²) in [6, 6.07) is 16.5. The first-order valence-electron chi connectivity index (χ1n) is 11.4. The van der Waals surface area contributed by atoms with Crippen molar-refractivity contribution in [3.05, 3.63) is 83.4 Å². The van der Waals surface area contributed by atoms with Gasteiger partial charge < -0.3 is 20.1 Å². The Hall–Kier alpha value is -3.75. The zero-order valence-corrected chi connectivity index (χ0v) is 19.7. The van der Waals surface area contributed by atoms with Gasteiger partial charge in [0.25, 0.3) is 5.91 Å². The minimum atomic E-state index is -0.290. The van der Waals surface area contributed by atoms with Gasteiger partial charge in [0.05, 0.1) is 22.8 Å². The fourth-order valence-electron chi connectivity index (χ4n) is 3.80. The second kappa shape index (κ2) is 10.7. The summed E-state index contributed by atoms with van der Waals surface area (Å²) in [5.41, 5.74) is 1.68. The third kappa shape index (κ3) is 5.85. The highest BCUT2D eigenvalue weighted by Gasteiger charge is 2.15. The molecule has 0 radical (unpaired) electrons. The Morgan fingerprint density at radius 3 is 2.80 bits per heavy atom. The van der Waals surface area contributed by atoms with E-state index in [0.717, 1.165) is 37.3 Å². The molecule has 8 nitrogen and oxygen atoms in total. The van der Waals surface area contributed by atoms with Crippen molar-refractivity contribution in [2.75, 3.05) is 18.5 Å². The quantitative estimate of drug-likeness (QED) is 0.377. The molecule has 0 unspecified atom stereocenters. The van der Waals surface area contributed by atoms with E-state index in [1.807, 2.05) is 24.3 Å². The van der Waals surface area contributed by atoms with Crippen LogP contribution in [-0.4, -0.2) is 40.1 Å². The molecule has 0 atom stereocenters. The first-order chi connectivity index (χ1) is 17.1. The number of amides is 1. The Labute approximate surface area is 207 Å². The summed E-state index contributed by atoms with van der Waals surface area (Å²) in [6.07, 6.45) is 5.27. The fourth-order valence-corrected chi connectivity index (χ4v) is 3.98. The molecule has 0 bridgehead atoms. The molecule has 0 spiro atoms. The predicted octanol–water partition coefficient (Wildman–Crippen LogP) is 4.99. The van der Waals surface area contributed by atoms with Crippen molar-refractivity contribution in [1.82, 2.24) is 20.3 Å². The number of fused-ring (bicyclic) bond motifs is 1. The second-order valence-corrected chi connectivity index (χ2v) is 8.59. The van der Waals surface area contributed by atoms with Crippen LogP contribution in [0.2, 0.25) is 5.02 Å². The smallest absolute Gasteiger partial charge is 0.270 e. The number of aromatic nitrogens is 3. The zero-order valence-electron chi connectivity index (χ0n) is 18.9. The molecule has 5 rings (SSSR count). The van der Waals surface area contributed by atoms with Crippen LogP contribution in [0.3, 0.4) is 0 Å². The van der Waals surface area contributed by atoms with Gasteiger partial charge in [-0.1, -0.05) is 23.7 Å². The van der Waals surface area contributed by atoms with Crippen molar-refractivity contribution < 1.29 is 14.3 Å². The summed E-state index contributed by atoms with van der Waals surface area (Å²) in [4.78, 5) is 26.1. The molecule has 0 aliphatic carbocycles. The monoisotopic (exact) mass is 489 g/mol. The van der Waals surface area contributed by atoms with E-state index in [2.05, 4.69) is 25.6 Å². The number of para-hydroxylation sites is 1. The summed E-state index contributed by atoms with van der Waals surface area (Å²) >= 11 is 6.17. The lowest BCUT2D eigenvalue weighted by Gasteiger charge is -2.23. The van der Waals surface area contributed by atoms with Crippen molar-refractivity contribution in [2.45, 2.75) is 25.4 Å². The van der Waals surface area contributed by atoms with Gasteiger partial charge in [-0.05, 0) is 43.2 Å². The number of halogens is 1. The molecular formula is C26H24ClN5O3. The number of hydrogen-bond acceptors (Lipinski definition) is 7. The molecule has 1 fully saturated rings. The number of hydrogen-bond donors (Lipinski definition) is 2. The number of pyridine rings is 3. The Morgan fingerprint density at radius 1 is 1.09 bits per heavy atom. The molecule has 178 valence electrons. The Kier molecular flexibility index (Phi) is 7.02. The lowest BCUT2D eigenvalue weighted by molar-refractivity contribution is 0.0903. The number of nitrogens with zero attached hydrogens (tertiary/aromatic N) is 3. The Morgan fingerprint density at radius 2 is 1.94 bits per heavy atom. The van der Waals surface area contributed by atoms with Crippen LogP contribution in [-0.2, 0) is 11.3 Å². The second-order valence-electron chi connectivity index (χ2n) is 8.19. The number of nitrogens with one attached hydrogen (secondary N) is 2.